The third kappa shape index (κ3) is 3.25. The minimum atomic E-state index is -0.756. The molecule has 0 aromatic heterocycles. The van der Waals surface area contributed by atoms with Crippen LogP contribution in [0.25, 0.3) is 0 Å². The summed E-state index contributed by atoms with van der Waals surface area (Å²) in [5.41, 5.74) is 0. The second-order valence-corrected chi connectivity index (χ2v) is 6.01. The molecule has 1 aromatic rings. The van der Waals surface area contributed by atoms with E-state index in [9.17, 15) is 18.8 Å². The predicted octanol–water partition coefficient (Wildman–Crippen LogP) is 2.33. The van der Waals surface area contributed by atoms with Gasteiger partial charge in [-0.3, -0.25) is 19.4 Å². The minimum Gasteiger partial charge on any atom is -0.494 e. The van der Waals surface area contributed by atoms with Gasteiger partial charge in [0, 0.05) is 12.6 Å². The summed E-state index contributed by atoms with van der Waals surface area (Å²) < 4.78 is 18.2. The van der Waals surface area contributed by atoms with E-state index in [4.69, 9.17) is 4.74 Å². The third-order valence-electron chi connectivity index (χ3n) is 4.38. The van der Waals surface area contributed by atoms with E-state index in [1.54, 1.807) is 0 Å². The van der Waals surface area contributed by atoms with Crippen molar-refractivity contribution in [2.75, 3.05) is 13.2 Å². The molecule has 0 bridgehead atoms. The van der Waals surface area contributed by atoms with Crippen LogP contribution in [0, 0.1) is 5.82 Å². The van der Waals surface area contributed by atoms with Gasteiger partial charge >= 0.3 is 17.8 Å². The molecule has 1 saturated heterocycles. The maximum Gasteiger partial charge on any atom is 0.334 e. The second kappa shape index (κ2) is 6.98. The quantitative estimate of drug-likeness (QED) is 0.455. The van der Waals surface area contributed by atoms with Crippen molar-refractivity contribution in [3.8, 4) is 5.75 Å². The monoisotopic (exact) mass is 334 g/mol. The summed E-state index contributed by atoms with van der Waals surface area (Å²) in [4.78, 5) is 38.5. The molecule has 7 heteroatoms. The van der Waals surface area contributed by atoms with Gasteiger partial charge in [-0.2, -0.15) is 0 Å². The first kappa shape index (κ1) is 16.4. The molecule has 4 amide bonds. The lowest BCUT2D eigenvalue weighted by atomic mass is 10.2. The Morgan fingerprint density at radius 3 is 2.38 bits per heavy atom. The molecule has 0 radical (unpaired) electrons. The molecule has 0 spiro atoms. The van der Waals surface area contributed by atoms with Gasteiger partial charge in [0.1, 0.15) is 11.6 Å². The number of rotatable bonds is 6. The van der Waals surface area contributed by atoms with Crippen molar-refractivity contribution in [3.05, 3.63) is 30.1 Å². The molecule has 0 N–H and O–H groups in total. The molecule has 2 aliphatic rings. The highest BCUT2D eigenvalue weighted by atomic mass is 19.1. The van der Waals surface area contributed by atoms with E-state index in [0.29, 0.717) is 12.2 Å². The molecule has 24 heavy (non-hydrogen) atoms. The molecule has 1 aliphatic heterocycles. The SMILES string of the molecule is O=C1C(=O)N(C2CCCC2)C(=O)N1CCCOc1ccc(F)cc1. The Bertz CT molecular complexity index is 640. The first-order chi connectivity index (χ1) is 11.6. The van der Waals surface area contributed by atoms with Crippen molar-refractivity contribution in [3.63, 3.8) is 0 Å². The number of imide groups is 2. The molecule has 1 aliphatic carbocycles. The fourth-order valence-corrected chi connectivity index (χ4v) is 3.15. The van der Waals surface area contributed by atoms with Gasteiger partial charge in [-0.25, -0.2) is 9.18 Å². The van der Waals surface area contributed by atoms with Crippen molar-refractivity contribution >= 4 is 17.8 Å². The number of benzene rings is 1. The Kier molecular flexibility index (Phi) is 4.78. The molecule has 2 fully saturated rings. The smallest absolute Gasteiger partial charge is 0.334 e. The van der Waals surface area contributed by atoms with Crippen LogP contribution >= 0.6 is 0 Å². The summed E-state index contributed by atoms with van der Waals surface area (Å²) in [6, 6.07) is 4.94. The van der Waals surface area contributed by atoms with Crippen LogP contribution in [-0.4, -0.2) is 46.8 Å². The third-order valence-corrected chi connectivity index (χ3v) is 4.38. The van der Waals surface area contributed by atoms with Crippen LogP contribution in [0.5, 0.6) is 5.75 Å². The average Bonchev–Trinajstić information content (AvgIpc) is 3.16. The molecular formula is C17H19FN2O4. The molecule has 1 aromatic carbocycles. The lowest BCUT2D eigenvalue weighted by molar-refractivity contribution is -0.144. The first-order valence-corrected chi connectivity index (χ1v) is 8.15. The van der Waals surface area contributed by atoms with Crippen LogP contribution < -0.4 is 4.74 Å². The van der Waals surface area contributed by atoms with Gasteiger partial charge in [0.15, 0.2) is 0 Å². The van der Waals surface area contributed by atoms with E-state index in [1.165, 1.54) is 24.3 Å². The Labute approximate surface area is 139 Å². The van der Waals surface area contributed by atoms with Crippen molar-refractivity contribution in [1.29, 1.82) is 0 Å². The predicted molar refractivity (Wildman–Crippen MR) is 82.7 cm³/mol. The van der Waals surface area contributed by atoms with Crippen molar-refractivity contribution in [2.45, 2.75) is 38.1 Å². The van der Waals surface area contributed by atoms with Crippen LogP contribution in [0.15, 0.2) is 24.3 Å². The van der Waals surface area contributed by atoms with Crippen molar-refractivity contribution in [2.24, 2.45) is 0 Å². The summed E-state index contributed by atoms with van der Waals surface area (Å²) in [6.45, 7) is 0.397. The molecular weight excluding hydrogens is 315 g/mol. The lowest BCUT2D eigenvalue weighted by Crippen LogP contribution is -2.40. The Morgan fingerprint density at radius 2 is 1.71 bits per heavy atom. The zero-order chi connectivity index (χ0) is 17.1. The average molecular weight is 334 g/mol. The molecule has 128 valence electrons. The first-order valence-electron chi connectivity index (χ1n) is 8.15. The molecule has 6 nitrogen and oxygen atoms in total. The maximum absolute atomic E-state index is 12.8. The molecule has 0 unspecified atom stereocenters. The number of nitrogens with zero attached hydrogens (tertiary/aromatic N) is 2. The van der Waals surface area contributed by atoms with Crippen LogP contribution in [0.1, 0.15) is 32.1 Å². The second-order valence-electron chi connectivity index (χ2n) is 6.01. The number of hydrogen-bond acceptors (Lipinski definition) is 4. The van der Waals surface area contributed by atoms with Gasteiger partial charge in [0.2, 0.25) is 0 Å². The summed E-state index contributed by atoms with van der Waals surface area (Å²) in [7, 11) is 0. The summed E-state index contributed by atoms with van der Waals surface area (Å²) in [6.07, 6.45) is 3.89. The van der Waals surface area contributed by atoms with E-state index in [-0.39, 0.29) is 25.0 Å². The van der Waals surface area contributed by atoms with Crippen molar-refractivity contribution < 1.29 is 23.5 Å². The fraction of sp³-hybridized carbons (Fsp3) is 0.471. The maximum atomic E-state index is 12.8. The fourth-order valence-electron chi connectivity index (χ4n) is 3.15. The number of carbonyl (C=O) groups is 3. The van der Waals surface area contributed by atoms with E-state index in [1.807, 2.05) is 0 Å². The molecule has 1 heterocycles. The van der Waals surface area contributed by atoms with Gasteiger partial charge in [-0.05, 0) is 43.5 Å². The van der Waals surface area contributed by atoms with Gasteiger partial charge in [0.05, 0.1) is 6.61 Å². The topological polar surface area (TPSA) is 66.9 Å². The number of halogens is 1. The summed E-state index contributed by atoms with van der Waals surface area (Å²) in [5.74, 6) is -1.31. The highest BCUT2D eigenvalue weighted by Gasteiger charge is 2.47. The van der Waals surface area contributed by atoms with Gasteiger partial charge in [0.25, 0.3) is 0 Å². The van der Waals surface area contributed by atoms with E-state index in [2.05, 4.69) is 0 Å². The zero-order valence-corrected chi connectivity index (χ0v) is 13.2. The van der Waals surface area contributed by atoms with E-state index in [0.717, 1.165) is 35.5 Å². The Hall–Kier alpha value is -2.44. The Balaban J connectivity index is 1.51. The van der Waals surface area contributed by atoms with E-state index >= 15 is 0 Å². The Morgan fingerprint density at radius 1 is 1.04 bits per heavy atom. The standard InChI is InChI=1S/C17H19FN2O4/c18-12-6-8-14(9-7-12)24-11-3-10-19-15(21)16(22)20(17(19)23)13-4-1-2-5-13/h6-9,13H,1-5,10-11H2. The normalized spacial score (nSPS) is 18.8. The molecule has 3 rings (SSSR count). The van der Waals surface area contributed by atoms with Crippen LogP contribution in [0.3, 0.4) is 0 Å². The van der Waals surface area contributed by atoms with Crippen LogP contribution in [0.4, 0.5) is 9.18 Å². The van der Waals surface area contributed by atoms with Crippen LogP contribution in [-0.2, 0) is 9.59 Å². The minimum absolute atomic E-state index is 0.133. The number of hydrogen-bond donors (Lipinski definition) is 0. The van der Waals surface area contributed by atoms with Crippen molar-refractivity contribution in [1.82, 2.24) is 9.80 Å². The lowest BCUT2D eigenvalue weighted by Gasteiger charge is -2.21. The number of amides is 4. The zero-order valence-electron chi connectivity index (χ0n) is 13.2. The largest absolute Gasteiger partial charge is 0.494 e. The van der Waals surface area contributed by atoms with Gasteiger partial charge < -0.3 is 4.74 Å². The van der Waals surface area contributed by atoms with Gasteiger partial charge in [-0.15, -0.1) is 0 Å². The number of urea groups is 1. The van der Waals surface area contributed by atoms with E-state index < -0.39 is 17.8 Å². The number of ether oxygens (including phenoxy) is 1. The highest BCUT2D eigenvalue weighted by Crippen LogP contribution is 2.27. The molecule has 0 atom stereocenters. The molecule has 1 saturated carbocycles. The van der Waals surface area contributed by atoms with Crippen LogP contribution in [0.2, 0.25) is 0 Å². The summed E-state index contributed by atoms with van der Waals surface area (Å²) >= 11 is 0. The van der Waals surface area contributed by atoms with Gasteiger partial charge in [-0.1, -0.05) is 12.8 Å². The summed E-state index contributed by atoms with van der Waals surface area (Å²) in [5, 5.41) is 0. The highest BCUT2D eigenvalue weighted by molar-refractivity contribution is 6.44. The number of carbonyl (C=O) groups excluding carboxylic acids is 3.